The zero-order valence-corrected chi connectivity index (χ0v) is 12.3. The highest BCUT2D eigenvalue weighted by Gasteiger charge is 2.37. The van der Waals surface area contributed by atoms with Crippen LogP contribution < -0.4 is 5.73 Å². The molecule has 2 unspecified atom stereocenters. The van der Waals surface area contributed by atoms with Gasteiger partial charge in [-0.25, -0.2) is 0 Å². The third-order valence-electron chi connectivity index (χ3n) is 4.55. The van der Waals surface area contributed by atoms with Crippen LogP contribution in [0.1, 0.15) is 46.5 Å². The third-order valence-corrected chi connectivity index (χ3v) is 4.55. The molecule has 1 aliphatic heterocycles. The normalized spacial score (nSPS) is 24.9. The molecule has 0 aromatic carbocycles. The molecule has 1 heterocycles. The van der Waals surface area contributed by atoms with E-state index in [1.54, 1.807) is 0 Å². The molecule has 0 saturated carbocycles. The molecule has 5 heteroatoms. The molecular formula is C14H27F3N2. The van der Waals surface area contributed by atoms with Crippen LogP contribution in [0, 0.1) is 11.8 Å². The van der Waals surface area contributed by atoms with E-state index in [1.807, 2.05) is 6.92 Å². The van der Waals surface area contributed by atoms with Crippen molar-refractivity contribution in [2.75, 3.05) is 19.6 Å². The molecule has 2 atom stereocenters. The molecule has 0 amide bonds. The van der Waals surface area contributed by atoms with Crippen molar-refractivity contribution in [1.82, 2.24) is 4.90 Å². The van der Waals surface area contributed by atoms with Gasteiger partial charge in [0.15, 0.2) is 0 Å². The molecule has 1 aliphatic rings. The first-order valence-electron chi connectivity index (χ1n) is 7.20. The van der Waals surface area contributed by atoms with Crippen LogP contribution in [-0.2, 0) is 0 Å². The van der Waals surface area contributed by atoms with E-state index in [9.17, 15) is 13.2 Å². The van der Waals surface area contributed by atoms with Crippen molar-refractivity contribution in [3.05, 3.63) is 0 Å². The predicted octanol–water partition coefficient (Wildman–Crippen LogP) is 3.41. The van der Waals surface area contributed by atoms with E-state index >= 15 is 0 Å². The number of nitrogens with two attached hydrogens (primary N) is 1. The Morgan fingerprint density at radius 2 is 1.89 bits per heavy atom. The first kappa shape index (κ1) is 16.8. The highest BCUT2D eigenvalue weighted by atomic mass is 19.4. The van der Waals surface area contributed by atoms with Crippen LogP contribution in [0.3, 0.4) is 0 Å². The van der Waals surface area contributed by atoms with Crippen LogP contribution in [0.2, 0.25) is 0 Å². The Morgan fingerprint density at radius 3 is 2.32 bits per heavy atom. The van der Waals surface area contributed by atoms with Gasteiger partial charge in [0, 0.05) is 25.0 Å². The van der Waals surface area contributed by atoms with E-state index < -0.39 is 12.6 Å². The van der Waals surface area contributed by atoms with Gasteiger partial charge >= 0.3 is 6.18 Å². The zero-order chi connectivity index (χ0) is 14.7. The number of rotatable bonds is 6. The van der Waals surface area contributed by atoms with Gasteiger partial charge in [0.05, 0.1) is 0 Å². The second-order valence-corrected chi connectivity index (χ2v) is 6.41. The molecule has 2 N–H and O–H groups in total. The minimum absolute atomic E-state index is 0.167. The maximum atomic E-state index is 12.2. The van der Waals surface area contributed by atoms with Crippen molar-refractivity contribution in [3.8, 4) is 0 Å². The molecule has 0 spiro atoms. The predicted molar refractivity (Wildman–Crippen MR) is 71.9 cm³/mol. The smallest absolute Gasteiger partial charge is 0.329 e. The molecule has 0 aliphatic carbocycles. The van der Waals surface area contributed by atoms with Crippen LogP contribution in [0.15, 0.2) is 0 Å². The first-order valence-corrected chi connectivity index (χ1v) is 7.20. The van der Waals surface area contributed by atoms with Crippen molar-refractivity contribution in [2.45, 2.75) is 58.2 Å². The molecule has 114 valence electrons. The minimum Gasteiger partial charge on any atom is -0.329 e. The lowest BCUT2D eigenvalue weighted by molar-refractivity contribution is -0.136. The average Bonchev–Trinajstić information content (AvgIpc) is 2.76. The molecule has 0 radical (unpaired) electrons. The van der Waals surface area contributed by atoms with E-state index in [4.69, 9.17) is 5.73 Å². The molecule has 2 nitrogen and oxygen atoms in total. The number of hydrogen-bond acceptors (Lipinski definition) is 2. The summed E-state index contributed by atoms with van der Waals surface area (Å²) in [6.45, 7) is 8.77. The van der Waals surface area contributed by atoms with Crippen molar-refractivity contribution in [3.63, 3.8) is 0 Å². The number of nitrogens with zero attached hydrogens (tertiary/aromatic N) is 1. The average molecular weight is 280 g/mol. The van der Waals surface area contributed by atoms with Crippen molar-refractivity contribution < 1.29 is 13.2 Å². The van der Waals surface area contributed by atoms with Gasteiger partial charge in [-0.3, -0.25) is 4.90 Å². The monoisotopic (exact) mass is 280 g/mol. The molecule has 1 rings (SSSR count). The van der Waals surface area contributed by atoms with Crippen molar-refractivity contribution >= 4 is 0 Å². The van der Waals surface area contributed by atoms with Gasteiger partial charge in [0.2, 0.25) is 0 Å². The Balaban J connectivity index is 2.51. The van der Waals surface area contributed by atoms with Crippen LogP contribution >= 0.6 is 0 Å². The second-order valence-electron chi connectivity index (χ2n) is 6.41. The summed E-state index contributed by atoms with van der Waals surface area (Å²) in [7, 11) is 0. The van der Waals surface area contributed by atoms with Crippen LogP contribution in [0.4, 0.5) is 13.2 Å². The van der Waals surface area contributed by atoms with Crippen LogP contribution in [-0.4, -0.2) is 36.2 Å². The second kappa shape index (κ2) is 6.44. The summed E-state index contributed by atoms with van der Waals surface area (Å²) in [5.74, 6) is 1.27. The van der Waals surface area contributed by atoms with Gasteiger partial charge in [-0.2, -0.15) is 13.2 Å². The number of hydrogen-bond donors (Lipinski definition) is 1. The third kappa shape index (κ3) is 4.95. The SMILES string of the molecule is CC(C)C1CCN(C(C)(CN)CCCC(F)(F)F)C1. The van der Waals surface area contributed by atoms with E-state index in [-0.39, 0.29) is 12.0 Å². The molecular weight excluding hydrogens is 253 g/mol. The van der Waals surface area contributed by atoms with E-state index in [0.717, 1.165) is 19.5 Å². The van der Waals surface area contributed by atoms with Gasteiger partial charge in [-0.1, -0.05) is 13.8 Å². The summed E-state index contributed by atoms with van der Waals surface area (Å²) in [6.07, 6.45) is -2.94. The summed E-state index contributed by atoms with van der Waals surface area (Å²) >= 11 is 0. The molecule has 1 saturated heterocycles. The lowest BCUT2D eigenvalue weighted by Gasteiger charge is -2.38. The molecule has 0 aromatic heterocycles. The Bertz CT molecular complexity index is 278. The van der Waals surface area contributed by atoms with Crippen LogP contribution in [0.25, 0.3) is 0 Å². The number of halogens is 3. The Morgan fingerprint density at radius 1 is 1.26 bits per heavy atom. The largest absolute Gasteiger partial charge is 0.389 e. The number of likely N-dealkylation sites (tertiary alicyclic amines) is 1. The Labute approximate surface area is 114 Å². The van der Waals surface area contributed by atoms with Crippen molar-refractivity contribution in [2.24, 2.45) is 17.6 Å². The highest BCUT2D eigenvalue weighted by Crippen LogP contribution is 2.33. The summed E-state index contributed by atoms with van der Waals surface area (Å²) in [4.78, 5) is 2.30. The Hall–Kier alpha value is -0.290. The van der Waals surface area contributed by atoms with Gasteiger partial charge in [0.25, 0.3) is 0 Å². The van der Waals surface area contributed by atoms with Gasteiger partial charge in [-0.05, 0) is 44.6 Å². The van der Waals surface area contributed by atoms with E-state index in [1.165, 1.54) is 0 Å². The maximum Gasteiger partial charge on any atom is 0.389 e. The number of alkyl halides is 3. The Kier molecular flexibility index (Phi) is 5.68. The fraction of sp³-hybridized carbons (Fsp3) is 1.00. The van der Waals surface area contributed by atoms with Gasteiger partial charge in [0.1, 0.15) is 0 Å². The minimum atomic E-state index is -4.05. The lowest BCUT2D eigenvalue weighted by Crippen LogP contribution is -2.50. The van der Waals surface area contributed by atoms with Crippen LogP contribution in [0.5, 0.6) is 0 Å². The molecule has 1 fully saturated rings. The quantitative estimate of drug-likeness (QED) is 0.808. The zero-order valence-electron chi connectivity index (χ0n) is 12.3. The van der Waals surface area contributed by atoms with Gasteiger partial charge in [-0.15, -0.1) is 0 Å². The molecule has 0 aromatic rings. The van der Waals surface area contributed by atoms with Gasteiger partial charge < -0.3 is 5.73 Å². The maximum absolute atomic E-state index is 12.2. The summed E-state index contributed by atoms with van der Waals surface area (Å²) in [5.41, 5.74) is 5.55. The van der Waals surface area contributed by atoms with Crippen molar-refractivity contribution in [1.29, 1.82) is 0 Å². The topological polar surface area (TPSA) is 29.3 Å². The lowest BCUT2D eigenvalue weighted by atomic mass is 9.92. The molecule has 0 bridgehead atoms. The molecule has 19 heavy (non-hydrogen) atoms. The standard InChI is InChI=1S/C14H27F3N2/c1-11(2)12-5-8-19(9-12)13(3,10-18)6-4-7-14(15,16)17/h11-12H,4-10,18H2,1-3H3. The highest BCUT2D eigenvalue weighted by molar-refractivity contribution is 4.92. The fourth-order valence-electron chi connectivity index (χ4n) is 2.88. The van der Waals surface area contributed by atoms with E-state index in [0.29, 0.717) is 24.8 Å². The summed E-state index contributed by atoms with van der Waals surface area (Å²) < 4.78 is 36.7. The fourth-order valence-corrected chi connectivity index (χ4v) is 2.88. The summed E-state index contributed by atoms with van der Waals surface area (Å²) in [6, 6.07) is 0. The van der Waals surface area contributed by atoms with E-state index in [2.05, 4.69) is 18.7 Å². The first-order chi connectivity index (χ1) is 8.68. The summed E-state index contributed by atoms with van der Waals surface area (Å²) in [5, 5.41) is 0.